The highest BCUT2D eigenvalue weighted by Gasteiger charge is 1.99. The zero-order chi connectivity index (χ0) is 14.9. The summed E-state index contributed by atoms with van der Waals surface area (Å²) in [7, 11) is 0. The third kappa shape index (κ3) is 26.7. The van der Waals surface area contributed by atoms with Crippen LogP contribution in [-0.4, -0.2) is 22.4 Å². The van der Waals surface area contributed by atoms with Crippen LogP contribution in [0.3, 0.4) is 0 Å². The van der Waals surface area contributed by atoms with Gasteiger partial charge in [0.2, 0.25) is 0 Å². The van der Waals surface area contributed by atoms with Gasteiger partial charge in [-0.2, -0.15) is 0 Å². The number of nitrogens with two attached hydrogens (primary N) is 1. The van der Waals surface area contributed by atoms with Gasteiger partial charge in [0.15, 0.2) is 0 Å². The maximum absolute atomic E-state index is 8.56. The van der Waals surface area contributed by atoms with Gasteiger partial charge in [0.05, 0.1) is 0 Å². The molecule has 4 N–H and O–H groups in total. The van der Waals surface area contributed by atoms with Crippen molar-refractivity contribution in [1.82, 2.24) is 0 Å². The summed E-state index contributed by atoms with van der Waals surface area (Å²) in [4.78, 5) is 8.56. The molecule has 0 radical (unpaired) electrons. The molecule has 0 heterocycles. The van der Waals surface area contributed by atoms with E-state index in [0.29, 0.717) is 6.04 Å². The van der Waals surface area contributed by atoms with Crippen LogP contribution in [0, 0.1) is 0 Å². The minimum atomic E-state index is -1.83. The van der Waals surface area contributed by atoms with E-state index in [4.69, 9.17) is 20.7 Å². The number of unbranched alkanes of at least 4 members (excludes halogenated alkanes) is 7. The first-order valence-corrected chi connectivity index (χ1v) is 7.72. The van der Waals surface area contributed by atoms with E-state index in [9.17, 15) is 0 Å². The molecule has 0 aromatic carbocycles. The highest BCUT2D eigenvalue weighted by atomic mass is 16.6. The maximum Gasteiger partial charge on any atom is 0.503 e. The molecule has 0 aliphatic carbocycles. The predicted octanol–water partition coefficient (Wildman–Crippen LogP) is 4.87. The average molecular weight is 275 g/mol. The Balaban J connectivity index is 0. The first-order valence-electron chi connectivity index (χ1n) is 7.72. The fourth-order valence-corrected chi connectivity index (χ4v) is 2.06. The fraction of sp³-hybridized carbons (Fsp3) is 0.933. The van der Waals surface area contributed by atoms with Crippen molar-refractivity contribution in [2.24, 2.45) is 5.73 Å². The van der Waals surface area contributed by atoms with Gasteiger partial charge < -0.3 is 15.9 Å². The van der Waals surface area contributed by atoms with E-state index in [1.165, 1.54) is 70.6 Å². The van der Waals surface area contributed by atoms with E-state index >= 15 is 0 Å². The molecule has 0 aromatic heterocycles. The van der Waals surface area contributed by atoms with Crippen molar-refractivity contribution < 1.29 is 15.0 Å². The van der Waals surface area contributed by atoms with Gasteiger partial charge in [-0.1, -0.05) is 71.6 Å². The van der Waals surface area contributed by atoms with Crippen LogP contribution in [0.25, 0.3) is 0 Å². The first kappa shape index (κ1) is 20.5. The van der Waals surface area contributed by atoms with Crippen molar-refractivity contribution in [3.8, 4) is 0 Å². The topological polar surface area (TPSA) is 83.6 Å². The quantitative estimate of drug-likeness (QED) is 0.470. The van der Waals surface area contributed by atoms with Crippen molar-refractivity contribution in [3.63, 3.8) is 0 Å². The molecule has 0 amide bonds. The Morgan fingerprint density at radius 2 is 1.26 bits per heavy atom. The van der Waals surface area contributed by atoms with Crippen molar-refractivity contribution in [2.45, 2.75) is 90.5 Å². The van der Waals surface area contributed by atoms with Crippen LogP contribution in [-0.2, 0) is 0 Å². The van der Waals surface area contributed by atoms with Gasteiger partial charge in [0, 0.05) is 6.04 Å². The number of carbonyl (C=O) groups is 1. The second-order valence-electron chi connectivity index (χ2n) is 5.09. The summed E-state index contributed by atoms with van der Waals surface area (Å²) in [6.07, 6.45) is 13.1. The lowest BCUT2D eigenvalue weighted by atomic mass is 10.0. The van der Waals surface area contributed by atoms with Crippen molar-refractivity contribution in [3.05, 3.63) is 0 Å². The van der Waals surface area contributed by atoms with Crippen LogP contribution >= 0.6 is 0 Å². The largest absolute Gasteiger partial charge is 0.503 e. The fourth-order valence-electron chi connectivity index (χ4n) is 2.06. The molecule has 0 saturated carbocycles. The number of rotatable bonds is 11. The summed E-state index contributed by atoms with van der Waals surface area (Å²) in [5.74, 6) is 0. The molecule has 0 aromatic rings. The Morgan fingerprint density at radius 3 is 1.68 bits per heavy atom. The average Bonchev–Trinajstić information content (AvgIpc) is 2.32. The van der Waals surface area contributed by atoms with Gasteiger partial charge in [0.1, 0.15) is 0 Å². The second-order valence-corrected chi connectivity index (χ2v) is 5.09. The third-order valence-corrected chi connectivity index (χ3v) is 3.09. The van der Waals surface area contributed by atoms with Crippen LogP contribution in [0.15, 0.2) is 0 Å². The number of hydrogen-bond donors (Lipinski definition) is 3. The smallest absolute Gasteiger partial charge is 0.450 e. The summed E-state index contributed by atoms with van der Waals surface area (Å²) < 4.78 is 0. The second kappa shape index (κ2) is 17.2. The molecule has 1 atom stereocenters. The van der Waals surface area contributed by atoms with Gasteiger partial charge in [-0.25, -0.2) is 4.79 Å². The standard InChI is InChI=1S/C14H31N.CH2O3/c1-3-5-6-7-8-9-10-11-13-14(15)12-4-2;2-1(3)4/h14H,3-13,15H2,1-2H3;(H2,2,3,4). The SMILES string of the molecule is CCCCCCCCCCC(N)CCC.O=C(O)O. The molecule has 4 nitrogen and oxygen atoms in total. The number of hydrogen-bond acceptors (Lipinski definition) is 2. The third-order valence-electron chi connectivity index (χ3n) is 3.09. The van der Waals surface area contributed by atoms with E-state index in [0.717, 1.165) is 0 Å². The van der Waals surface area contributed by atoms with Gasteiger partial charge >= 0.3 is 6.16 Å². The Bertz CT molecular complexity index is 182. The van der Waals surface area contributed by atoms with Crippen LogP contribution in [0.2, 0.25) is 0 Å². The highest BCUT2D eigenvalue weighted by molar-refractivity contribution is 5.53. The molecular formula is C15H33NO3. The molecule has 4 heteroatoms. The van der Waals surface area contributed by atoms with Crippen molar-refractivity contribution >= 4 is 6.16 Å². The molecule has 0 aliphatic heterocycles. The lowest BCUT2D eigenvalue weighted by Crippen LogP contribution is -2.18. The predicted molar refractivity (Wildman–Crippen MR) is 80.8 cm³/mol. The summed E-state index contributed by atoms with van der Waals surface area (Å²) in [5, 5.41) is 13.9. The summed E-state index contributed by atoms with van der Waals surface area (Å²) in [6, 6.07) is 0.468. The summed E-state index contributed by atoms with van der Waals surface area (Å²) >= 11 is 0. The molecule has 0 rings (SSSR count). The van der Waals surface area contributed by atoms with Crippen LogP contribution in [0.5, 0.6) is 0 Å². The monoisotopic (exact) mass is 275 g/mol. The summed E-state index contributed by atoms with van der Waals surface area (Å²) in [6.45, 7) is 4.49. The Morgan fingerprint density at radius 1 is 0.842 bits per heavy atom. The van der Waals surface area contributed by atoms with Gasteiger partial charge in [-0.3, -0.25) is 0 Å². The normalized spacial score (nSPS) is 11.5. The molecular weight excluding hydrogens is 242 g/mol. The van der Waals surface area contributed by atoms with Gasteiger partial charge in [-0.05, 0) is 12.8 Å². The highest BCUT2D eigenvalue weighted by Crippen LogP contribution is 2.11. The van der Waals surface area contributed by atoms with E-state index in [1.807, 2.05) is 0 Å². The van der Waals surface area contributed by atoms with Crippen LogP contribution in [0.4, 0.5) is 4.79 Å². The van der Waals surface area contributed by atoms with Gasteiger partial charge in [-0.15, -0.1) is 0 Å². The lowest BCUT2D eigenvalue weighted by molar-refractivity contribution is 0.137. The lowest BCUT2D eigenvalue weighted by Gasteiger charge is -2.09. The Kier molecular flexibility index (Phi) is 18.6. The molecule has 0 aliphatic rings. The molecule has 0 bridgehead atoms. The number of carboxylic acid groups (broad SMARTS) is 2. The van der Waals surface area contributed by atoms with Crippen molar-refractivity contribution in [2.75, 3.05) is 0 Å². The molecule has 1 unspecified atom stereocenters. The minimum absolute atomic E-state index is 0.468. The van der Waals surface area contributed by atoms with Crippen molar-refractivity contribution in [1.29, 1.82) is 0 Å². The zero-order valence-electron chi connectivity index (χ0n) is 12.7. The summed E-state index contributed by atoms with van der Waals surface area (Å²) in [5.41, 5.74) is 5.96. The minimum Gasteiger partial charge on any atom is -0.450 e. The first-order chi connectivity index (χ1) is 9.04. The molecule has 0 saturated heterocycles. The van der Waals surface area contributed by atoms with E-state index in [-0.39, 0.29) is 0 Å². The van der Waals surface area contributed by atoms with Crippen LogP contribution in [0.1, 0.15) is 84.5 Å². The molecule has 0 spiro atoms. The Hall–Kier alpha value is -0.770. The van der Waals surface area contributed by atoms with E-state index in [1.54, 1.807) is 0 Å². The van der Waals surface area contributed by atoms with E-state index < -0.39 is 6.16 Å². The Labute approximate surface area is 118 Å². The van der Waals surface area contributed by atoms with Crippen LogP contribution < -0.4 is 5.73 Å². The molecule has 0 fully saturated rings. The van der Waals surface area contributed by atoms with E-state index in [2.05, 4.69) is 13.8 Å². The maximum atomic E-state index is 8.56. The van der Waals surface area contributed by atoms with Gasteiger partial charge in [0.25, 0.3) is 0 Å². The molecule has 19 heavy (non-hydrogen) atoms. The molecule has 116 valence electrons. The zero-order valence-corrected chi connectivity index (χ0v) is 12.7.